The average molecular weight is 467 g/mol. The number of nitrogens with zero attached hydrogens (tertiary/aromatic N) is 3. The van der Waals surface area contributed by atoms with Crippen molar-refractivity contribution in [1.29, 1.82) is 0 Å². The molecule has 1 amide bonds. The molecule has 1 saturated heterocycles. The Labute approximate surface area is 193 Å². The smallest absolute Gasteiger partial charge is 0.255 e. The highest BCUT2D eigenvalue weighted by atomic mass is 32.2. The zero-order valence-corrected chi connectivity index (χ0v) is 19.4. The van der Waals surface area contributed by atoms with Gasteiger partial charge in [0.05, 0.1) is 4.90 Å². The quantitative estimate of drug-likeness (QED) is 0.561. The van der Waals surface area contributed by atoms with Crippen LogP contribution in [0.15, 0.2) is 65.8 Å². The fourth-order valence-electron chi connectivity index (χ4n) is 3.96. The van der Waals surface area contributed by atoms with Crippen molar-refractivity contribution in [3.05, 3.63) is 77.9 Å². The lowest BCUT2D eigenvalue weighted by Crippen LogP contribution is -2.41. The molecule has 1 atom stereocenters. The highest BCUT2D eigenvalue weighted by molar-refractivity contribution is 7.89. The van der Waals surface area contributed by atoms with Crippen LogP contribution in [0.1, 0.15) is 52.7 Å². The van der Waals surface area contributed by atoms with E-state index in [0.29, 0.717) is 29.2 Å². The van der Waals surface area contributed by atoms with Crippen LogP contribution in [0.4, 0.5) is 5.69 Å². The Hall–Kier alpha value is -3.30. The molecule has 2 aromatic carbocycles. The van der Waals surface area contributed by atoms with Crippen molar-refractivity contribution in [2.75, 3.05) is 11.9 Å². The van der Waals surface area contributed by atoms with Crippen molar-refractivity contribution in [2.45, 2.75) is 37.1 Å². The number of hydrogen-bond acceptors (Lipinski definition) is 5. The first kappa shape index (κ1) is 22.9. The third-order valence-corrected chi connectivity index (χ3v) is 7.92. The Balaban J connectivity index is 1.44. The van der Waals surface area contributed by atoms with Gasteiger partial charge in [0.2, 0.25) is 15.8 Å². The molecule has 0 unspecified atom stereocenters. The predicted octanol–water partition coefficient (Wildman–Crippen LogP) is 3.47. The van der Waals surface area contributed by atoms with Crippen LogP contribution in [-0.2, 0) is 17.1 Å². The number of nitrogens with one attached hydrogen (secondary N) is 1. The van der Waals surface area contributed by atoms with Crippen molar-refractivity contribution < 1.29 is 18.0 Å². The van der Waals surface area contributed by atoms with Gasteiger partial charge in [-0.25, -0.2) is 13.4 Å². The van der Waals surface area contributed by atoms with E-state index >= 15 is 0 Å². The first-order valence-corrected chi connectivity index (χ1v) is 12.3. The van der Waals surface area contributed by atoms with E-state index in [1.54, 1.807) is 52.6 Å². The maximum absolute atomic E-state index is 13.0. The second kappa shape index (κ2) is 9.29. The number of benzene rings is 2. The topological polar surface area (TPSA) is 101 Å². The van der Waals surface area contributed by atoms with E-state index < -0.39 is 10.0 Å². The minimum atomic E-state index is -3.58. The summed E-state index contributed by atoms with van der Waals surface area (Å²) in [7, 11) is -1.84. The minimum Gasteiger partial charge on any atom is -0.331 e. The van der Waals surface area contributed by atoms with Crippen LogP contribution in [-0.4, -0.2) is 46.6 Å². The lowest BCUT2D eigenvalue weighted by Gasteiger charge is -2.32. The fraction of sp³-hybridized carbons (Fsp3) is 0.292. The molecule has 4 rings (SSSR count). The van der Waals surface area contributed by atoms with Crippen LogP contribution >= 0.6 is 0 Å². The van der Waals surface area contributed by atoms with Crippen LogP contribution in [0.5, 0.6) is 0 Å². The Morgan fingerprint density at radius 2 is 1.67 bits per heavy atom. The van der Waals surface area contributed by atoms with E-state index in [0.717, 1.165) is 19.3 Å². The number of amides is 1. The zero-order valence-electron chi connectivity index (χ0n) is 18.6. The highest BCUT2D eigenvalue weighted by Crippen LogP contribution is 2.25. The van der Waals surface area contributed by atoms with Crippen molar-refractivity contribution in [2.24, 2.45) is 7.05 Å². The van der Waals surface area contributed by atoms with E-state index in [4.69, 9.17) is 0 Å². The van der Waals surface area contributed by atoms with Gasteiger partial charge in [-0.1, -0.05) is 6.42 Å². The first-order chi connectivity index (χ1) is 15.8. The molecule has 33 heavy (non-hydrogen) atoms. The summed E-state index contributed by atoms with van der Waals surface area (Å²) in [6.45, 7) is 2.44. The van der Waals surface area contributed by atoms with Gasteiger partial charge in [0.1, 0.15) is 0 Å². The maximum atomic E-state index is 13.0. The lowest BCUT2D eigenvalue weighted by atomic mass is 10.1. The number of rotatable bonds is 6. The molecule has 1 fully saturated rings. The van der Waals surface area contributed by atoms with Crippen molar-refractivity contribution in [3.63, 3.8) is 0 Å². The van der Waals surface area contributed by atoms with E-state index in [1.807, 2.05) is 6.92 Å². The van der Waals surface area contributed by atoms with Gasteiger partial charge in [-0.15, -0.1) is 0 Å². The molecule has 0 radical (unpaired) electrons. The van der Waals surface area contributed by atoms with Crippen molar-refractivity contribution >= 4 is 27.4 Å². The second-order valence-corrected chi connectivity index (χ2v) is 10.1. The third kappa shape index (κ3) is 4.74. The van der Waals surface area contributed by atoms with Crippen molar-refractivity contribution in [3.8, 4) is 0 Å². The summed E-state index contributed by atoms with van der Waals surface area (Å²) in [6, 6.07) is 12.5. The molecule has 1 N–H and O–H groups in total. The van der Waals surface area contributed by atoms with Gasteiger partial charge in [-0.05, 0) is 68.3 Å². The van der Waals surface area contributed by atoms with Gasteiger partial charge in [0, 0.05) is 48.8 Å². The summed E-state index contributed by atoms with van der Waals surface area (Å²) in [5.74, 6) is -0.241. The maximum Gasteiger partial charge on any atom is 0.255 e. The number of ketones is 1. The van der Waals surface area contributed by atoms with Gasteiger partial charge in [0.25, 0.3) is 5.91 Å². The molecule has 0 aliphatic carbocycles. The molecular weight excluding hydrogens is 440 g/mol. The average Bonchev–Trinajstić information content (AvgIpc) is 3.25. The van der Waals surface area contributed by atoms with Gasteiger partial charge >= 0.3 is 0 Å². The molecule has 2 heterocycles. The fourth-order valence-corrected chi connectivity index (χ4v) is 5.66. The molecule has 172 valence electrons. The molecule has 1 aliphatic heterocycles. The van der Waals surface area contributed by atoms with Gasteiger partial charge in [0.15, 0.2) is 5.82 Å². The normalized spacial score (nSPS) is 17.0. The Bertz CT molecular complexity index is 1260. The minimum absolute atomic E-state index is 0.0287. The van der Waals surface area contributed by atoms with E-state index in [1.165, 1.54) is 24.3 Å². The molecule has 0 spiro atoms. The molecule has 1 aliphatic rings. The number of carbonyl (C=O) groups is 2. The number of aryl methyl sites for hydroxylation is 1. The highest BCUT2D eigenvalue weighted by Gasteiger charge is 2.30. The SMILES string of the molecule is C[C@@H]1CCCCN1S(=O)(=O)c1ccc(C(=O)Nc2ccc(C(=O)c3nccn3C)cc2)cc1. The van der Waals surface area contributed by atoms with Crippen LogP contribution in [0.2, 0.25) is 0 Å². The lowest BCUT2D eigenvalue weighted by molar-refractivity contribution is 0.102. The molecular formula is C24H26N4O4S. The Morgan fingerprint density at radius 1 is 1.00 bits per heavy atom. The standard InChI is InChI=1S/C24H26N4O4S/c1-17-5-3-4-15-28(17)33(31,32)21-12-8-19(9-13-21)24(30)26-20-10-6-18(7-11-20)22(29)23-25-14-16-27(23)2/h6-14,16-17H,3-5,15H2,1-2H3,(H,26,30)/t17-/m1/s1. The number of piperidine rings is 1. The Morgan fingerprint density at radius 3 is 2.27 bits per heavy atom. The Kier molecular flexibility index (Phi) is 6.44. The summed E-state index contributed by atoms with van der Waals surface area (Å²) >= 11 is 0. The number of imidazole rings is 1. The van der Waals surface area contributed by atoms with E-state index in [-0.39, 0.29) is 22.6 Å². The van der Waals surface area contributed by atoms with Crippen LogP contribution in [0, 0.1) is 0 Å². The number of hydrogen-bond donors (Lipinski definition) is 1. The molecule has 8 nitrogen and oxygen atoms in total. The van der Waals surface area contributed by atoms with E-state index in [2.05, 4.69) is 10.3 Å². The largest absolute Gasteiger partial charge is 0.331 e. The molecule has 0 saturated carbocycles. The molecule has 0 bridgehead atoms. The molecule has 1 aromatic heterocycles. The van der Waals surface area contributed by atoms with Gasteiger partial charge in [-0.2, -0.15) is 4.31 Å². The van der Waals surface area contributed by atoms with Crippen LogP contribution in [0.3, 0.4) is 0 Å². The summed E-state index contributed by atoms with van der Waals surface area (Å²) < 4.78 is 29.1. The molecule has 9 heteroatoms. The monoisotopic (exact) mass is 466 g/mol. The zero-order chi connectivity index (χ0) is 23.6. The second-order valence-electron chi connectivity index (χ2n) is 8.21. The number of aromatic nitrogens is 2. The number of anilines is 1. The number of sulfonamides is 1. The summed E-state index contributed by atoms with van der Waals surface area (Å²) in [4.78, 5) is 29.4. The number of carbonyl (C=O) groups excluding carboxylic acids is 2. The first-order valence-electron chi connectivity index (χ1n) is 10.8. The van der Waals surface area contributed by atoms with Gasteiger partial charge in [-0.3, -0.25) is 9.59 Å². The van der Waals surface area contributed by atoms with Crippen LogP contribution < -0.4 is 5.32 Å². The predicted molar refractivity (Wildman–Crippen MR) is 125 cm³/mol. The van der Waals surface area contributed by atoms with Crippen LogP contribution in [0.25, 0.3) is 0 Å². The summed E-state index contributed by atoms with van der Waals surface area (Å²) in [5, 5.41) is 2.77. The summed E-state index contributed by atoms with van der Waals surface area (Å²) in [5.41, 5.74) is 1.33. The third-order valence-electron chi connectivity index (χ3n) is 5.89. The van der Waals surface area contributed by atoms with E-state index in [9.17, 15) is 18.0 Å². The van der Waals surface area contributed by atoms with Gasteiger partial charge < -0.3 is 9.88 Å². The summed E-state index contributed by atoms with van der Waals surface area (Å²) in [6.07, 6.45) is 6.00. The van der Waals surface area contributed by atoms with Crippen molar-refractivity contribution in [1.82, 2.24) is 13.9 Å². The molecule has 3 aromatic rings.